The molecule has 2 unspecified atom stereocenters. The molecule has 0 radical (unpaired) electrons. The van der Waals surface area contributed by atoms with Gasteiger partial charge in [-0.1, -0.05) is 6.92 Å². The molecule has 0 aromatic carbocycles. The van der Waals surface area contributed by atoms with E-state index in [1.54, 1.807) is 0 Å². The van der Waals surface area contributed by atoms with E-state index in [4.69, 9.17) is 5.84 Å². The molecule has 0 bridgehead atoms. The molecule has 0 saturated carbocycles. The molecular weight excluding hydrogens is 212 g/mol. The first-order valence-corrected chi connectivity index (χ1v) is 6.01. The Kier molecular flexibility index (Phi) is 4.62. The average Bonchev–Trinajstić information content (AvgIpc) is 2.31. The quantitative estimate of drug-likeness (QED) is 0.602. The van der Waals surface area contributed by atoms with Gasteiger partial charge in [-0.3, -0.25) is 16.3 Å². The lowest BCUT2D eigenvalue weighted by molar-refractivity contribution is 0.112. The first-order chi connectivity index (χ1) is 7.97. The first kappa shape index (κ1) is 14.1. The Labute approximate surface area is 104 Å². The Hall–Kier alpha value is -0.970. The predicted octanol–water partition coefficient (Wildman–Crippen LogP) is 1.62. The van der Waals surface area contributed by atoms with Crippen LogP contribution in [0.3, 0.4) is 0 Å². The van der Waals surface area contributed by atoms with Crippen LogP contribution in [-0.2, 0) is 0 Å². The number of pyridine rings is 1. The van der Waals surface area contributed by atoms with E-state index >= 15 is 0 Å². The standard InChI is InChI=1S/C13H24N4/c1-6-13(3,17(4)5)12(16-14)11-9-15-8-7-10(11)2/h7-9,12,16H,6,14H2,1-5H3. The van der Waals surface area contributed by atoms with Crippen LogP contribution in [0.2, 0.25) is 0 Å². The highest BCUT2D eigenvalue weighted by Crippen LogP contribution is 2.33. The Morgan fingerprint density at radius 2 is 2.18 bits per heavy atom. The lowest BCUT2D eigenvalue weighted by Crippen LogP contribution is -2.53. The summed E-state index contributed by atoms with van der Waals surface area (Å²) in [6, 6.07) is 2.09. The molecule has 4 heteroatoms. The molecule has 0 fully saturated rings. The monoisotopic (exact) mass is 236 g/mol. The molecule has 0 aliphatic rings. The maximum Gasteiger partial charge on any atom is 0.0658 e. The second-order valence-corrected chi connectivity index (χ2v) is 4.94. The maximum absolute atomic E-state index is 5.77. The summed E-state index contributed by atoms with van der Waals surface area (Å²) in [5.74, 6) is 5.77. The van der Waals surface area contributed by atoms with Crippen molar-refractivity contribution < 1.29 is 0 Å². The molecule has 3 N–H and O–H groups in total. The fourth-order valence-corrected chi connectivity index (χ4v) is 2.16. The minimum absolute atomic E-state index is 0.0391. The van der Waals surface area contributed by atoms with E-state index in [1.807, 2.05) is 18.5 Å². The zero-order chi connectivity index (χ0) is 13.1. The van der Waals surface area contributed by atoms with Crippen molar-refractivity contribution in [2.45, 2.75) is 38.8 Å². The second-order valence-electron chi connectivity index (χ2n) is 4.94. The van der Waals surface area contributed by atoms with E-state index in [0.29, 0.717) is 0 Å². The first-order valence-electron chi connectivity index (χ1n) is 6.01. The summed E-state index contributed by atoms with van der Waals surface area (Å²) in [5.41, 5.74) is 5.28. The van der Waals surface area contributed by atoms with Gasteiger partial charge in [0.2, 0.25) is 0 Å². The molecule has 1 aromatic rings. The van der Waals surface area contributed by atoms with Crippen LogP contribution >= 0.6 is 0 Å². The number of rotatable bonds is 5. The fourth-order valence-electron chi connectivity index (χ4n) is 2.16. The molecule has 1 heterocycles. The van der Waals surface area contributed by atoms with Gasteiger partial charge in [-0.2, -0.15) is 0 Å². The van der Waals surface area contributed by atoms with Gasteiger partial charge in [0.15, 0.2) is 0 Å². The molecule has 0 spiro atoms. The van der Waals surface area contributed by atoms with Gasteiger partial charge in [0.25, 0.3) is 0 Å². The van der Waals surface area contributed by atoms with Crippen LogP contribution < -0.4 is 11.3 Å². The third-order valence-corrected chi connectivity index (χ3v) is 3.92. The summed E-state index contributed by atoms with van der Waals surface area (Å²) >= 11 is 0. The van der Waals surface area contributed by atoms with E-state index < -0.39 is 0 Å². The number of likely N-dealkylation sites (N-methyl/N-ethyl adjacent to an activating group) is 1. The molecule has 1 aromatic heterocycles. The third kappa shape index (κ3) is 2.65. The summed E-state index contributed by atoms with van der Waals surface area (Å²) < 4.78 is 0. The van der Waals surface area contributed by atoms with Crippen LogP contribution in [0.1, 0.15) is 37.4 Å². The van der Waals surface area contributed by atoms with Crippen molar-refractivity contribution >= 4 is 0 Å². The number of nitrogens with zero attached hydrogens (tertiary/aromatic N) is 2. The molecule has 96 valence electrons. The Morgan fingerprint density at radius 3 is 2.59 bits per heavy atom. The Morgan fingerprint density at radius 1 is 1.53 bits per heavy atom. The van der Waals surface area contributed by atoms with Crippen molar-refractivity contribution in [3.8, 4) is 0 Å². The highest BCUT2D eigenvalue weighted by molar-refractivity contribution is 5.28. The van der Waals surface area contributed by atoms with Crippen LogP contribution in [0, 0.1) is 6.92 Å². The average molecular weight is 236 g/mol. The maximum atomic E-state index is 5.77. The van der Waals surface area contributed by atoms with Crippen LogP contribution in [0.4, 0.5) is 0 Å². The number of hydrazine groups is 1. The number of hydrogen-bond donors (Lipinski definition) is 2. The van der Waals surface area contributed by atoms with Crippen LogP contribution in [0.25, 0.3) is 0 Å². The van der Waals surface area contributed by atoms with Gasteiger partial charge in [-0.05, 0) is 51.6 Å². The number of aryl methyl sites for hydroxylation is 1. The van der Waals surface area contributed by atoms with Crippen molar-refractivity contribution in [3.63, 3.8) is 0 Å². The smallest absolute Gasteiger partial charge is 0.0658 e. The number of nitrogens with two attached hydrogens (primary N) is 1. The lowest BCUT2D eigenvalue weighted by Gasteiger charge is -2.42. The SMILES string of the molecule is CCC(C)(C(NN)c1cnccc1C)N(C)C. The molecular formula is C13H24N4. The number of nitrogens with one attached hydrogen (secondary N) is 1. The minimum atomic E-state index is -0.0391. The van der Waals surface area contributed by atoms with E-state index in [-0.39, 0.29) is 11.6 Å². The molecule has 0 aliphatic carbocycles. The van der Waals surface area contributed by atoms with Crippen LogP contribution in [0.5, 0.6) is 0 Å². The molecule has 17 heavy (non-hydrogen) atoms. The highest BCUT2D eigenvalue weighted by Gasteiger charge is 2.36. The molecule has 0 amide bonds. The van der Waals surface area contributed by atoms with Gasteiger partial charge in [-0.25, -0.2) is 0 Å². The van der Waals surface area contributed by atoms with Crippen molar-refractivity contribution in [1.82, 2.24) is 15.3 Å². The van der Waals surface area contributed by atoms with Crippen molar-refractivity contribution in [3.05, 3.63) is 29.6 Å². The van der Waals surface area contributed by atoms with E-state index in [2.05, 4.69) is 50.2 Å². The summed E-state index contributed by atoms with van der Waals surface area (Å²) in [4.78, 5) is 6.42. The van der Waals surface area contributed by atoms with Crippen LogP contribution in [0.15, 0.2) is 18.5 Å². The largest absolute Gasteiger partial charge is 0.302 e. The summed E-state index contributed by atoms with van der Waals surface area (Å²) in [6.07, 6.45) is 4.71. The summed E-state index contributed by atoms with van der Waals surface area (Å²) in [7, 11) is 4.17. The zero-order valence-electron chi connectivity index (χ0n) is 11.5. The van der Waals surface area contributed by atoms with Crippen molar-refractivity contribution in [2.24, 2.45) is 5.84 Å². The second kappa shape index (κ2) is 5.58. The molecule has 0 saturated heterocycles. The Bertz CT molecular complexity index is 364. The number of aromatic nitrogens is 1. The highest BCUT2D eigenvalue weighted by atomic mass is 15.3. The van der Waals surface area contributed by atoms with Crippen molar-refractivity contribution in [1.29, 1.82) is 0 Å². The van der Waals surface area contributed by atoms with Gasteiger partial charge < -0.3 is 4.90 Å². The van der Waals surface area contributed by atoms with Gasteiger partial charge in [0, 0.05) is 17.9 Å². The molecule has 0 aliphatic heterocycles. The molecule has 4 nitrogen and oxygen atoms in total. The minimum Gasteiger partial charge on any atom is -0.302 e. The van der Waals surface area contributed by atoms with E-state index in [0.717, 1.165) is 12.0 Å². The van der Waals surface area contributed by atoms with Gasteiger partial charge in [0.1, 0.15) is 0 Å². The third-order valence-electron chi connectivity index (χ3n) is 3.92. The molecule has 1 rings (SSSR count). The normalized spacial score (nSPS) is 16.9. The zero-order valence-corrected chi connectivity index (χ0v) is 11.5. The topological polar surface area (TPSA) is 54.2 Å². The van der Waals surface area contributed by atoms with Crippen molar-refractivity contribution in [2.75, 3.05) is 14.1 Å². The number of hydrogen-bond acceptors (Lipinski definition) is 4. The van der Waals surface area contributed by atoms with Gasteiger partial charge >= 0.3 is 0 Å². The van der Waals surface area contributed by atoms with E-state index in [1.165, 1.54) is 5.56 Å². The molecule has 2 atom stereocenters. The van der Waals surface area contributed by atoms with Gasteiger partial charge in [0.05, 0.1) is 6.04 Å². The van der Waals surface area contributed by atoms with Crippen LogP contribution in [-0.4, -0.2) is 29.5 Å². The Balaban J connectivity index is 3.19. The lowest BCUT2D eigenvalue weighted by atomic mass is 9.83. The predicted molar refractivity (Wildman–Crippen MR) is 71.4 cm³/mol. The van der Waals surface area contributed by atoms with E-state index in [9.17, 15) is 0 Å². The summed E-state index contributed by atoms with van der Waals surface area (Å²) in [6.45, 7) is 6.48. The summed E-state index contributed by atoms with van der Waals surface area (Å²) in [5, 5.41) is 0. The fraction of sp³-hybridized carbons (Fsp3) is 0.615. The van der Waals surface area contributed by atoms with Gasteiger partial charge in [-0.15, -0.1) is 0 Å².